The van der Waals surface area contributed by atoms with Crippen LogP contribution in [0.5, 0.6) is 11.5 Å². The number of ether oxygens (including phenoxy) is 2. The van der Waals surface area contributed by atoms with Crippen LogP contribution in [-0.2, 0) is 22.6 Å². The molecule has 0 aromatic heterocycles. The molecule has 194 valence electrons. The first-order chi connectivity index (χ1) is 18.0. The van der Waals surface area contributed by atoms with Crippen molar-refractivity contribution in [3.05, 3.63) is 94.5 Å². The molecule has 0 heterocycles. The number of halogens is 1. The summed E-state index contributed by atoms with van der Waals surface area (Å²) in [6, 6.07) is 24.2. The van der Waals surface area contributed by atoms with Gasteiger partial charge in [0.25, 0.3) is 5.91 Å². The lowest BCUT2D eigenvalue weighted by Crippen LogP contribution is -2.53. The third-order valence-electron chi connectivity index (χ3n) is 6.64. The lowest BCUT2D eigenvalue weighted by atomic mass is 10.0. The van der Waals surface area contributed by atoms with Gasteiger partial charge < -0.3 is 19.7 Å². The average molecular weight is 566 g/mol. The minimum absolute atomic E-state index is 0.129. The monoisotopic (exact) mass is 564 g/mol. The smallest absolute Gasteiger partial charge is 0.261 e. The van der Waals surface area contributed by atoms with Crippen molar-refractivity contribution in [1.82, 2.24) is 10.2 Å². The number of benzene rings is 3. The number of carbonyl (C=O) groups excluding carboxylic acids is 2. The first kappa shape index (κ1) is 26.7. The summed E-state index contributed by atoms with van der Waals surface area (Å²) in [5.74, 6) is 0.905. The van der Waals surface area contributed by atoms with Crippen molar-refractivity contribution >= 4 is 27.7 Å². The highest BCUT2D eigenvalue weighted by atomic mass is 79.9. The van der Waals surface area contributed by atoms with Gasteiger partial charge in [-0.25, -0.2) is 0 Å². The van der Waals surface area contributed by atoms with E-state index in [4.69, 9.17) is 9.47 Å². The summed E-state index contributed by atoms with van der Waals surface area (Å²) in [4.78, 5) is 29.0. The van der Waals surface area contributed by atoms with Crippen LogP contribution in [0.3, 0.4) is 0 Å². The SMILES string of the molecule is COc1cccc(CN(C(=O)COc2ccc(Br)cc2)[C@@H](Cc2ccccc2)C(=O)NC2CCCC2)c1. The number of hydrogen-bond acceptors (Lipinski definition) is 4. The van der Waals surface area contributed by atoms with E-state index in [9.17, 15) is 9.59 Å². The Kier molecular flexibility index (Phi) is 9.60. The topological polar surface area (TPSA) is 67.9 Å². The van der Waals surface area contributed by atoms with Crippen molar-refractivity contribution in [2.75, 3.05) is 13.7 Å². The van der Waals surface area contributed by atoms with E-state index in [-0.39, 0.29) is 31.0 Å². The van der Waals surface area contributed by atoms with E-state index in [1.165, 1.54) is 0 Å². The number of nitrogens with one attached hydrogen (secondary N) is 1. The summed E-state index contributed by atoms with van der Waals surface area (Å²) >= 11 is 3.41. The zero-order valence-corrected chi connectivity index (χ0v) is 22.7. The average Bonchev–Trinajstić information content (AvgIpc) is 3.44. The number of hydrogen-bond donors (Lipinski definition) is 1. The molecule has 2 amide bonds. The lowest BCUT2D eigenvalue weighted by molar-refractivity contribution is -0.143. The Labute approximate surface area is 227 Å². The van der Waals surface area contributed by atoms with Gasteiger partial charge in [-0.2, -0.15) is 0 Å². The molecule has 7 heteroatoms. The fraction of sp³-hybridized carbons (Fsp3) is 0.333. The second-order valence-corrected chi connectivity index (χ2v) is 10.2. The van der Waals surface area contributed by atoms with E-state index in [1.54, 1.807) is 24.1 Å². The second kappa shape index (κ2) is 13.3. The van der Waals surface area contributed by atoms with E-state index < -0.39 is 6.04 Å². The molecule has 0 unspecified atom stereocenters. The molecule has 1 aliphatic carbocycles. The molecule has 1 saturated carbocycles. The maximum atomic E-state index is 13.7. The van der Waals surface area contributed by atoms with E-state index in [2.05, 4.69) is 21.2 Å². The zero-order chi connectivity index (χ0) is 26.0. The van der Waals surface area contributed by atoms with Gasteiger partial charge in [0.2, 0.25) is 5.91 Å². The summed E-state index contributed by atoms with van der Waals surface area (Å²) in [6.45, 7) is 0.0862. The summed E-state index contributed by atoms with van der Waals surface area (Å²) in [6.07, 6.45) is 4.58. The highest BCUT2D eigenvalue weighted by Gasteiger charge is 2.32. The Morgan fingerprint density at radius 2 is 1.65 bits per heavy atom. The predicted octanol–water partition coefficient (Wildman–Crippen LogP) is 5.54. The Morgan fingerprint density at radius 3 is 2.35 bits per heavy atom. The van der Waals surface area contributed by atoms with Crippen LogP contribution in [0.4, 0.5) is 0 Å². The number of carbonyl (C=O) groups is 2. The predicted molar refractivity (Wildman–Crippen MR) is 148 cm³/mol. The van der Waals surface area contributed by atoms with Crippen LogP contribution in [0, 0.1) is 0 Å². The fourth-order valence-electron chi connectivity index (χ4n) is 4.65. The number of amides is 2. The third-order valence-corrected chi connectivity index (χ3v) is 7.16. The third kappa shape index (κ3) is 7.83. The Balaban J connectivity index is 1.61. The van der Waals surface area contributed by atoms with Gasteiger partial charge in [-0.3, -0.25) is 9.59 Å². The largest absolute Gasteiger partial charge is 0.497 e. The minimum atomic E-state index is -0.685. The van der Waals surface area contributed by atoms with E-state index in [1.807, 2.05) is 66.7 Å². The molecule has 1 fully saturated rings. The highest BCUT2D eigenvalue weighted by molar-refractivity contribution is 9.10. The van der Waals surface area contributed by atoms with Crippen molar-refractivity contribution in [2.24, 2.45) is 0 Å². The first-order valence-corrected chi connectivity index (χ1v) is 13.5. The summed E-state index contributed by atoms with van der Waals surface area (Å²) in [7, 11) is 1.61. The molecule has 4 rings (SSSR count). The molecule has 0 aliphatic heterocycles. The van der Waals surface area contributed by atoms with Gasteiger partial charge in [0, 0.05) is 23.5 Å². The number of methoxy groups -OCH3 is 1. The second-order valence-electron chi connectivity index (χ2n) is 9.31. The standard InChI is InChI=1S/C30H33BrN2O4/c1-36-27-13-7-10-23(18-27)20-33(29(34)21-37-26-16-14-24(31)15-17-26)28(19-22-8-3-2-4-9-22)30(35)32-25-11-5-6-12-25/h2-4,7-10,13-18,25,28H,5-6,11-12,19-21H2,1H3,(H,32,35)/t28-/m0/s1. The molecule has 3 aromatic rings. The van der Waals surface area contributed by atoms with Crippen molar-refractivity contribution in [3.8, 4) is 11.5 Å². The van der Waals surface area contributed by atoms with E-state index in [0.29, 0.717) is 17.9 Å². The quantitative estimate of drug-likeness (QED) is 0.332. The van der Waals surface area contributed by atoms with Crippen LogP contribution in [0.1, 0.15) is 36.8 Å². The minimum Gasteiger partial charge on any atom is -0.497 e. The highest BCUT2D eigenvalue weighted by Crippen LogP contribution is 2.22. The summed E-state index contributed by atoms with van der Waals surface area (Å²) in [5, 5.41) is 3.22. The first-order valence-electron chi connectivity index (χ1n) is 12.7. The van der Waals surface area contributed by atoms with E-state index >= 15 is 0 Å². The van der Waals surface area contributed by atoms with Crippen molar-refractivity contribution in [2.45, 2.75) is 50.7 Å². The van der Waals surface area contributed by atoms with Gasteiger partial charge in [0.05, 0.1) is 7.11 Å². The van der Waals surface area contributed by atoms with Gasteiger partial charge in [0.15, 0.2) is 6.61 Å². The Morgan fingerprint density at radius 1 is 0.946 bits per heavy atom. The number of rotatable bonds is 11. The molecule has 0 radical (unpaired) electrons. The molecule has 3 aromatic carbocycles. The number of nitrogens with zero attached hydrogens (tertiary/aromatic N) is 1. The molecular weight excluding hydrogens is 532 g/mol. The van der Waals surface area contributed by atoms with Gasteiger partial charge >= 0.3 is 0 Å². The van der Waals surface area contributed by atoms with Gasteiger partial charge in [-0.05, 0) is 60.4 Å². The lowest BCUT2D eigenvalue weighted by Gasteiger charge is -2.32. The maximum absolute atomic E-state index is 13.7. The van der Waals surface area contributed by atoms with Crippen molar-refractivity contribution in [3.63, 3.8) is 0 Å². The normalized spacial score (nSPS) is 14.1. The van der Waals surface area contributed by atoms with Gasteiger partial charge in [-0.1, -0.05) is 71.2 Å². The molecular formula is C30H33BrN2O4. The van der Waals surface area contributed by atoms with E-state index in [0.717, 1.165) is 41.3 Å². The molecule has 6 nitrogen and oxygen atoms in total. The van der Waals surface area contributed by atoms with Crippen molar-refractivity contribution < 1.29 is 19.1 Å². The maximum Gasteiger partial charge on any atom is 0.261 e. The molecule has 37 heavy (non-hydrogen) atoms. The molecule has 0 saturated heterocycles. The van der Waals surface area contributed by atoms with Gasteiger partial charge in [-0.15, -0.1) is 0 Å². The Bertz CT molecular complexity index is 1160. The summed E-state index contributed by atoms with van der Waals surface area (Å²) < 4.78 is 12.2. The Hall–Kier alpha value is -3.32. The van der Waals surface area contributed by atoms with Crippen LogP contribution in [-0.4, -0.2) is 42.5 Å². The molecule has 1 aliphatic rings. The van der Waals surface area contributed by atoms with Crippen LogP contribution in [0.2, 0.25) is 0 Å². The zero-order valence-electron chi connectivity index (χ0n) is 21.1. The molecule has 0 spiro atoms. The fourth-order valence-corrected chi connectivity index (χ4v) is 4.91. The van der Waals surface area contributed by atoms with Crippen LogP contribution >= 0.6 is 15.9 Å². The van der Waals surface area contributed by atoms with Crippen molar-refractivity contribution in [1.29, 1.82) is 0 Å². The van der Waals surface area contributed by atoms with Crippen LogP contribution < -0.4 is 14.8 Å². The summed E-state index contributed by atoms with van der Waals surface area (Å²) in [5.41, 5.74) is 1.87. The molecule has 0 bridgehead atoms. The van der Waals surface area contributed by atoms with Crippen LogP contribution in [0.25, 0.3) is 0 Å². The molecule has 1 atom stereocenters. The van der Waals surface area contributed by atoms with Gasteiger partial charge in [0.1, 0.15) is 17.5 Å². The molecule has 1 N–H and O–H groups in total. The van der Waals surface area contributed by atoms with Crippen LogP contribution in [0.15, 0.2) is 83.3 Å².